The summed E-state index contributed by atoms with van der Waals surface area (Å²) < 4.78 is 54.4. The van der Waals surface area contributed by atoms with Gasteiger partial charge in [-0.05, 0) is 6.92 Å². The second-order valence-electron chi connectivity index (χ2n) is 1.61. The molecule has 0 aliphatic rings. The predicted molar refractivity (Wildman–Crippen MR) is 45.0 cm³/mol. The highest BCUT2D eigenvalue weighted by Crippen LogP contribution is 1.85. The monoisotopic (exact) mass is 236 g/mol. The molecule has 0 aromatic heterocycles. The molecule has 0 aromatic carbocycles. The van der Waals surface area contributed by atoms with Crippen molar-refractivity contribution in [3.05, 3.63) is 0 Å². The second kappa shape index (κ2) is 6.27. The Bertz CT molecular complexity index is 289. The standard InChI is InChI=1S/C2H6O4S.C2H6O3S/c1-5-7(3,4)6-2;1-2-6(3,4)5/h1-2H3;2H2,1H3,(H,3,4,5). The molecule has 82 valence electrons. The lowest BCUT2D eigenvalue weighted by Crippen LogP contribution is -2.02. The smallest absolute Gasteiger partial charge is 0.286 e. The van der Waals surface area contributed by atoms with E-state index in [9.17, 15) is 16.8 Å². The van der Waals surface area contributed by atoms with Crippen LogP contribution < -0.4 is 0 Å². The van der Waals surface area contributed by atoms with Crippen LogP contribution >= 0.6 is 0 Å². The Labute approximate surface area is 77.7 Å². The Balaban J connectivity index is 0. The zero-order valence-electron chi connectivity index (χ0n) is 7.42. The molecule has 0 rings (SSSR count). The van der Waals surface area contributed by atoms with Gasteiger partial charge in [0, 0.05) is 0 Å². The van der Waals surface area contributed by atoms with Crippen LogP contribution in [0.4, 0.5) is 0 Å². The maximum absolute atomic E-state index is 9.92. The van der Waals surface area contributed by atoms with Gasteiger partial charge in [0.2, 0.25) is 0 Å². The van der Waals surface area contributed by atoms with Gasteiger partial charge in [0.1, 0.15) is 0 Å². The summed E-state index contributed by atoms with van der Waals surface area (Å²) in [5.41, 5.74) is 0. The molecule has 0 aliphatic carbocycles. The van der Waals surface area contributed by atoms with Gasteiger partial charge in [-0.3, -0.25) is 12.9 Å². The van der Waals surface area contributed by atoms with Gasteiger partial charge in [-0.2, -0.15) is 16.8 Å². The van der Waals surface area contributed by atoms with Crippen molar-refractivity contribution in [2.45, 2.75) is 6.92 Å². The molecule has 0 fully saturated rings. The van der Waals surface area contributed by atoms with Crippen LogP contribution in [0.5, 0.6) is 0 Å². The predicted octanol–water partition coefficient (Wildman–Crippen LogP) is -0.582. The SMILES string of the molecule is CCS(=O)(=O)O.COS(=O)(=O)OC. The molecule has 1 N–H and O–H groups in total. The fourth-order valence-electron chi connectivity index (χ4n) is 0.0680. The fourth-order valence-corrected chi connectivity index (χ4v) is 0.204. The molecular weight excluding hydrogens is 224 g/mol. The van der Waals surface area contributed by atoms with Gasteiger partial charge in [-0.1, -0.05) is 0 Å². The van der Waals surface area contributed by atoms with Crippen molar-refractivity contribution < 1.29 is 29.8 Å². The molecule has 0 saturated carbocycles. The summed E-state index contributed by atoms with van der Waals surface area (Å²) in [5, 5.41) is 0. The minimum absolute atomic E-state index is 0.201. The molecule has 0 atom stereocenters. The third-order valence-corrected chi connectivity index (χ3v) is 2.32. The summed E-state index contributed by atoms with van der Waals surface area (Å²) in [5.74, 6) is -0.201. The maximum atomic E-state index is 9.92. The lowest BCUT2D eigenvalue weighted by molar-refractivity contribution is 0.286. The molecule has 0 heterocycles. The molecule has 0 spiro atoms. The molecule has 0 radical (unpaired) electrons. The van der Waals surface area contributed by atoms with Crippen molar-refractivity contribution in [3.63, 3.8) is 0 Å². The summed E-state index contributed by atoms with van der Waals surface area (Å²) in [6.07, 6.45) is 0. The van der Waals surface area contributed by atoms with Crippen LogP contribution in [0.2, 0.25) is 0 Å². The van der Waals surface area contributed by atoms with Gasteiger partial charge in [0.25, 0.3) is 10.1 Å². The van der Waals surface area contributed by atoms with Crippen LogP contribution in [0.25, 0.3) is 0 Å². The number of rotatable bonds is 3. The van der Waals surface area contributed by atoms with Gasteiger partial charge < -0.3 is 0 Å². The number of hydrogen-bond donors (Lipinski definition) is 1. The van der Waals surface area contributed by atoms with Crippen LogP contribution in [-0.2, 0) is 28.9 Å². The Morgan fingerprint density at radius 2 is 1.31 bits per heavy atom. The van der Waals surface area contributed by atoms with E-state index in [4.69, 9.17) is 4.55 Å². The molecule has 0 aromatic rings. The van der Waals surface area contributed by atoms with E-state index in [0.717, 1.165) is 14.2 Å². The molecule has 9 heteroatoms. The third-order valence-electron chi connectivity index (χ3n) is 0.773. The highest BCUT2D eigenvalue weighted by molar-refractivity contribution is 7.85. The maximum Gasteiger partial charge on any atom is 0.399 e. The minimum Gasteiger partial charge on any atom is -0.286 e. The second-order valence-corrected chi connectivity index (χ2v) is 4.84. The Morgan fingerprint density at radius 1 is 1.08 bits per heavy atom. The normalized spacial score (nSPS) is 11.7. The average molecular weight is 236 g/mol. The van der Waals surface area contributed by atoms with Crippen LogP contribution in [0.1, 0.15) is 6.92 Å². The summed E-state index contributed by atoms with van der Waals surface area (Å²) in [6.45, 7) is 1.37. The largest absolute Gasteiger partial charge is 0.399 e. The highest BCUT2D eigenvalue weighted by atomic mass is 32.3. The van der Waals surface area contributed by atoms with Crippen molar-refractivity contribution in [1.82, 2.24) is 0 Å². The third kappa shape index (κ3) is 14.6. The van der Waals surface area contributed by atoms with E-state index in [1.807, 2.05) is 0 Å². The highest BCUT2D eigenvalue weighted by Gasteiger charge is 2.01. The zero-order valence-corrected chi connectivity index (χ0v) is 9.05. The van der Waals surface area contributed by atoms with Crippen LogP contribution in [0.3, 0.4) is 0 Å². The van der Waals surface area contributed by atoms with Crippen LogP contribution in [-0.4, -0.2) is 41.4 Å². The van der Waals surface area contributed by atoms with Crippen molar-refractivity contribution in [2.24, 2.45) is 0 Å². The van der Waals surface area contributed by atoms with E-state index in [2.05, 4.69) is 8.37 Å². The van der Waals surface area contributed by atoms with E-state index in [0.29, 0.717) is 0 Å². The Morgan fingerprint density at radius 3 is 1.31 bits per heavy atom. The van der Waals surface area contributed by atoms with Gasteiger partial charge in [-0.15, -0.1) is 0 Å². The van der Waals surface area contributed by atoms with E-state index in [-0.39, 0.29) is 5.75 Å². The van der Waals surface area contributed by atoms with Crippen molar-refractivity contribution in [1.29, 1.82) is 0 Å². The lowest BCUT2D eigenvalue weighted by Gasteiger charge is -1.91. The average Bonchev–Trinajstić information content (AvgIpc) is 2.04. The van der Waals surface area contributed by atoms with Crippen molar-refractivity contribution >= 4 is 20.5 Å². The molecule has 0 unspecified atom stereocenters. The summed E-state index contributed by atoms with van der Waals surface area (Å²) in [4.78, 5) is 0. The van der Waals surface area contributed by atoms with Crippen molar-refractivity contribution in [2.75, 3.05) is 20.0 Å². The lowest BCUT2D eigenvalue weighted by atomic mass is 11.0. The van der Waals surface area contributed by atoms with Gasteiger partial charge in [-0.25, -0.2) is 0 Å². The van der Waals surface area contributed by atoms with Crippen molar-refractivity contribution in [3.8, 4) is 0 Å². The topological polar surface area (TPSA) is 107 Å². The zero-order chi connectivity index (χ0) is 11.1. The first-order valence-corrected chi connectivity index (χ1v) is 5.94. The molecule has 0 aliphatic heterocycles. The van der Waals surface area contributed by atoms with E-state index < -0.39 is 20.5 Å². The summed E-state index contributed by atoms with van der Waals surface area (Å²) in [6, 6.07) is 0. The summed E-state index contributed by atoms with van der Waals surface area (Å²) >= 11 is 0. The molecular formula is C4H12O7S2. The summed E-state index contributed by atoms with van der Waals surface area (Å²) in [7, 11) is -5.27. The van der Waals surface area contributed by atoms with Gasteiger partial charge in [0.05, 0.1) is 20.0 Å². The Hall–Kier alpha value is -0.220. The Kier molecular flexibility index (Phi) is 7.36. The van der Waals surface area contributed by atoms with Gasteiger partial charge >= 0.3 is 10.4 Å². The number of hydrogen-bond acceptors (Lipinski definition) is 6. The van der Waals surface area contributed by atoms with E-state index in [1.54, 1.807) is 0 Å². The molecule has 0 saturated heterocycles. The first kappa shape index (κ1) is 15.3. The first-order chi connectivity index (χ1) is 5.68. The first-order valence-electron chi connectivity index (χ1n) is 2.99. The van der Waals surface area contributed by atoms with Crippen LogP contribution in [0, 0.1) is 0 Å². The van der Waals surface area contributed by atoms with Gasteiger partial charge in [0.15, 0.2) is 0 Å². The fraction of sp³-hybridized carbons (Fsp3) is 1.00. The van der Waals surface area contributed by atoms with E-state index in [1.165, 1.54) is 6.92 Å². The van der Waals surface area contributed by atoms with E-state index >= 15 is 0 Å². The molecule has 0 amide bonds. The molecule has 7 nitrogen and oxygen atoms in total. The quantitative estimate of drug-likeness (QED) is 0.653. The molecule has 0 bridgehead atoms. The molecule has 13 heavy (non-hydrogen) atoms. The van der Waals surface area contributed by atoms with Crippen LogP contribution in [0.15, 0.2) is 0 Å². The minimum atomic E-state index is -3.66.